The van der Waals surface area contributed by atoms with Crippen molar-refractivity contribution in [2.75, 3.05) is 45.1 Å². The Labute approximate surface area is 185 Å². The fourth-order valence-corrected chi connectivity index (χ4v) is 4.50. The van der Waals surface area contributed by atoms with E-state index in [9.17, 15) is 0 Å². The molecule has 0 aromatic heterocycles. The molecule has 2 saturated heterocycles. The number of hydrogen-bond donors (Lipinski definition) is 2. The Balaban J connectivity index is 0.00000261. The highest BCUT2D eigenvalue weighted by Gasteiger charge is 2.15. The predicted molar refractivity (Wildman–Crippen MR) is 126 cm³/mol. The quantitative estimate of drug-likeness (QED) is 0.340. The van der Waals surface area contributed by atoms with Crippen LogP contribution in [0.4, 0.5) is 0 Å². The van der Waals surface area contributed by atoms with Crippen molar-refractivity contribution in [3.63, 3.8) is 0 Å². The van der Waals surface area contributed by atoms with Gasteiger partial charge in [0.1, 0.15) is 0 Å². The van der Waals surface area contributed by atoms with E-state index in [4.69, 9.17) is 9.73 Å². The number of aliphatic imine (C=N–C) groups is 1. The van der Waals surface area contributed by atoms with E-state index in [-0.39, 0.29) is 24.0 Å². The molecular formula is C20H33IN4OS. The number of nitrogens with one attached hydrogen (secondary N) is 2. The standard InChI is InChI=1S/C20H32N4OS.HI/c1-2-21-20(23-15-19-4-3-13-26-19)22-14-17-5-7-18(8-6-17)16-24-9-11-25-12-10-24;/h5-8,19H,2-4,9-16H2,1H3,(H2,21,22,23);1H. The van der Waals surface area contributed by atoms with E-state index in [2.05, 4.69) is 58.5 Å². The number of thioether (sulfide) groups is 1. The number of ether oxygens (including phenoxy) is 1. The minimum Gasteiger partial charge on any atom is -0.379 e. The summed E-state index contributed by atoms with van der Waals surface area (Å²) >= 11 is 2.08. The summed E-state index contributed by atoms with van der Waals surface area (Å²) in [7, 11) is 0. The van der Waals surface area contributed by atoms with Crippen LogP contribution in [0.1, 0.15) is 30.9 Å². The van der Waals surface area contributed by atoms with E-state index >= 15 is 0 Å². The van der Waals surface area contributed by atoms with Gasteiger partial charge < -0.3 is 15.4 Å². The van der Waals surface area contributed by atoms with Gasteiger partial charge in [-0.1, -0.05) is 24.3 Å². The van der Waals surface area contributed by atoms with Crippen molar-refractivity contribution in [1.82, 2.24) is 15.5 Å². The largest absolute Gasteiger partial charge is 0.379 e. The van der Waals surface area contributed by atoms with Gasteiger partial charge in [-0.25, -0.2) is 4.99 Å². The summed E-state index contributed by atoms with van der Waals surface area (Å²) in [6.07, 6.45) is 2.67. The maximum absolute atomic E-state index is 5.41. The molecule has 2 aliphatic heterocycles. The SMILES string of the molecule is CCNC(=NCc1ccc(CN2CCOCC2)cc1)NCC1CCCS1.I. The maximum atomic E-state index is 5.41. The second kappa shape index (κ2) is 12.9. The van der Waals surface area contributed by atoms with Crippen LogP contribution in [0.3, 0.4) is 0 Å². The first-order valence-corrected chi connectivity index (χ1v) is 10.9. The molecule has 2 fully saturated rings. The monoisotopic (exact) mass is 504 g/mol. The number of halogens is 1. The molecule has 3 rings (SSSR count). The molecule has 0 bridgehead atoms. The van der Waals surface area contributed by atoms with E-state index in [0.717, 1.165) is 57.1 Å². The number of guanidine groups is 1. The molecule has 2 heterocycles. The molecular weight excluding hydrogens is 471 g/mol. The molecule has 152 valence electrons. The lowest BCUT2D eigenvalue weighted by molar-refractivity contribution is 0.0342. The van der Waals surface area contributed by atoms with Crippen LogP contribution >= 0.6 is 35.7 Å². The van der Waals surface area contributed by atoms with Crippen molar-refractivity contribution in [3.8, 4) is 0 Å². The van der Waals surface area contributed by atoms with Crippen LogP contribution in [0.2, 0.25) is 0 Å². The molecule has 0 spiro atoms. The predicted octanol–water partition coefficient (Wildman–Crippen LogP) is 3.09. The summed E-state index contributed by atoms with van der Waals surface area (Å²) < 4.78 is 5.41. The Morgan fingerprint density at radius 1 is 1.19 bits per heavy atom. The van der Waals surface area contributed by atoms with E-state index in [1.165, 1.54) is 29.7 Å². The summed E-state index contributed by atoms with van der Waals surface area (Å²) in [5.74, 6) is 2.23. The van der Waals surface area contributed by atoms with E-state index in [0.29, 0.717) is 6.54 Å². The zero-order valence-corrected chi connectivity index (χ0v) is 19.4. The molecule has 0 aliphatic carbocycles. The fourth-order valence-electron chi connectivity index (χ4n) is 3.30. The molecule has 1 aromatic rings. The molecule has 0 saturated carbocycles. The Morgan fingerprint density at radius 2 is 1.93 bits per heavy atom. The van der Waals surface area contributed by atoms with Crippen LogP contribution < -0.4 is 10.6 Å². The first-order chi connectivity index (χ1) is 12.8. The third kappa shape index (κ3) is 8.17. The summed E-state index contributed by atoms with van der Waals surface area (Å²) in [4.78, 5) is 7.20. The number of benzene rings is 1. The molecule has 1 aromatic carbocycles. The third-order valence-electron chi connectivity index (χ3n) is 4.82. The molecule has 1 atom stereocenters. The molecule has 0 radical (unpaired) electrons. The Morgan fingerprint density at radius 3 is 2.59 bits per heavy atom. The van der Waals surface area contributed by atoms with Gasteiger partial charge in [0.15, 0.2) is 5.96 Å². The second-order valence-electron chi connectivity index (χ2n) is 6.92. The van der Waals surface area contributed by atoms with Crippen LogP contribution in [0.15, 0.2) is 29.3 Å². The number of nitrogens with zero attached hydrogens (tertiary/aromatic N) is 2. The maximum Gasteiger partial charge on any atom is 0.191 e. The first-order valence-electron chi connectivity index (χ1n) is 9.85. The van der Waals surface area contributed by atoms with Crippen molar-refractivity contribution < 1.29 is 4.74 Å². The summed E-state index contributed by atoms with van der Waals surface area (Å²) in [6, 6.07) is 8.87. The van der Waals surface area contributed by atoms with Gasteiger partial charge in [-0.05, 0) is 36.6 Å². The zero-order chi connectivity index (χ0) is 18.0. The number of hydrogen-bond acceptors (Lipinski definition) is 4. The molecule has 0 amide bonds. The van der Waals surface area contributed by atoms with Gasteiger partial charge in [-0.15, -0.1) is 24.0 Å². The smallest absolute Gasteiger partial charge is 0.191 e. The number of rotatable bonds is 7. The minimum absolute atomic E-state index is 0. The Bertz CT molecular complexity index is 558. The molecule has 2 N–H and O–H groups in total. The lowest BCUT2D eigenvalue weighted by Gasteiger charge is -2.26. The molecule has 7 heteroatoms. The van der Waals surface area contributed by atoms with Crippen molar-refractivity contribution in [3.05, 3.63) is 35.4 Å². The lowest BCUT2D eigenvalue weighted by Crippen LogP contribution is -2.40. The Hall–Kier alpha value is -0.510. The average Bonchev–Trinajstić information content (AvgIpc) is 3.20. The van der Waals surface area contributed by atoms with Gasteiger partial charge in [0, 0.05) is 38.0 Å². The van der Waals surface area contributed by atoms with Crippen molar-refractivity contribution >= 4 is 41.7 Å². The number of morpholine rings is 1. The highest BCUT2D eigenvalue weighted by Crippen LogP contribution is 2.25. The summed E-state index contributed by atoms with van der Waals surface area (Å²) in [5, 5.41) is 7.59. The second-order valence-corrected chi connectivity index (χ2v) is 8.32. The van der Waals surface area contributed by atoms with Gasteiger partial charge in [0.05, 0.1) is 19.8 Å². The molecule has 5 nitrogen and oxygen atoms in total. The summed E-state index contributed by atoms with van der Waals surface area (Å²) in [6.45, 7) is 9.50. The van der Waals surface area contributed by atoms with Crippen LogP contribution in [0.25, 0.3) is 0 Å². The topological polar surface area (TPSA) is 48.9 Å². The summed E-state index contributed by atoms with van der Waals surface area (Å²) in [5.41, 5.74) is 2.62. The van der Waals surface area contributed by atoms with E-state index in [1.54, 1.807) is 0 Å². The minimum atomic E-state index is 0. The molecule has 2 aliphatic rings. The van der Waals surface area contributed by atoms with Crippen LogP contribution in [-0.2, 0) is 17.8 Å². The van der Waals surface area contributed by atoms with Gasteiger partial charge in [-0.2, -0.15) is 11.8 Å². The van der Waals surface area contributed by atoms with Crippen LogP contribution in [0, 0.1) is 0 Å². The van der Waals surface area contributed by atoms with Gasteiger partial charge in [-0.3, -0.25) is 4.90 Å². The fraction of sp³-hybridized carbons (Fsp3) is 0.650. The first kappa shape index (κ1) is 22.8. The van der Waals surface area contributed by atoms with Gasteiger partial charge in [0.25, 0.3) is 0 Å². The van der Waals surface area contributed by atoms with E-state index < -0.39 is 0 Å². The van der Waals surface area contributed by atoms with Gasteiger partial charge >= 0.3 is 0 Å². The average molecular weight is 504 g/mol. The van der Waals surface area contributed by atoms with Gasteiger partial charge in [0.2, 0.25) is 0 Å². The normalized spacial score (nSPS) is 20.9. The highest BCUT2D eigenvalue weighted by atomic mass is 127. The van der Waals surface area contributed by atoms with E-state index in [1.807, 2.05) is 0 Å². The lowest BCUT2D eigenvalue weighted by atomic mass is 10.1. The molecule has 1 unspecified atom stereocenters. The zero-order valence-electron chi connectivity index (χ0n) is 16.3. The Kier molecular flexibility index (Phi) is 10.8. The van der Waals surface area contributed by atoms with Crippen LogP contribution in [-0.4, -0.2) is 61.3 Å². The third-order valence-corrected chi connectivity index (χ3v) is 6.22. The molecule has 27 heavy (non-hydrogen) atoms. The van der Waals surface area contributed by atoms with Crippen molar-refractivity contribution in [2.45, 2.75) is 38.1 Å². The highest BCUT2D eigenvalue weighted by molar-refractivity contribution is 14.0. The van der Waals surface area contributed by atoms with Crippen molar-refractivity contribution in [1.29, 1.82) is 0 Å². The van der Waals surface area contributed by atoms with Crippen LogP contribution in [0.5, 0.6) is 0 Å². The van der Waals surface area contributed by atoms with Crippen molar-refractivity contribution in [2.24, 2.45) is 4.99 Å².